The van der Waals surface area contributed by atoms with Gasteiger partial charge in [-0.25, -0.2) is 0 Å². The highest BCUT2D eigenvalue weighted by atomic mass is 35.5. The van der Waals surface area contributed by atoms with E-state index in [-0.39, 0.29) is 12.4 Å². The molecule has 12 heavy (non-hydrogen) atoms. The molecule has 0 aliphatic heterocycles. The molecule has 0 saturated heterocycles. The third-order valence-corrected chi connectivity index (χ3v) is 1.81. The summed E-state index contributed by atoms with van der Waals surface area (Å²) in [7, 11) is 0. The quantitative estimate of drug-likeness (QED) is 0.692. The Kier molecular flexibility index (Phi) is 4.24. The van der Waals surface area contributed by atoms with Crippen molar-refractivity contribution < 1.29 is 5.11 Å². The van der Waals surface area contributed by atoms with E-state index in [0.717, 1.165) is 5.56 Å². The minimum absolute atomic E-state index is 0. The molecule has 0 amide bonds. The summed E-state index contributed by atoms with van der Waals surface area (Å²) in [5.74, 6) is 0. The summed E-state index contributed by atoms with van der Waals surface area (Å²) >= 11 is 0. The van der Waals surface area contributed by atoms with Gasteiger partial charge in [0.05, 0.1) is 0 Å². The molecule has 1 aromatic rings. The lowest BCUT2D eigenvalue weighted by atomic mass is 10.0. The van der Waals surface area contributed by atoms with E-state index in [2.05, 4.69) is 0 Å². The van der Waals surface area contributed by atoms with Gasteiger partial charge in [0.15, 0.2) is 0 Å². The Morgan fingerprint density at radius 2 is 1.83 bits per heavy atom. The summed E-state index contributed by atoms with van der Waals surface area (Å²) in [6.45, 7) is 1.85. The maximum atomic E-state index is 9.57. The fourth-order valence-electron chi connectivity index (χ4n) is 0.931. The molecular formula is C9H14ClNO. The van der Waals surface area contributed by atoms with Crippen molar-refractivity contribution in [1.82, 2.24) is 0 Å². The minimum atomic E-state index is -1.17. The lowest BCUT2D eigenvalue weighted by Gasteiger charge is -2.21. The van der Waals surface area contributed by atoms with Gasteiger partial charge in [-0.3, -0.25) is 5.73 Å². The second-order valence-corrected chi connectivity index (χ2v) is 2.64. The molecule has 0 fully saturated rings. The molecule has 0 radical (unpaired) electrons. The van der Waals surface area contributed by atoms with Crippen LogP contribution in [0.1, 0.15) is 18.9 Å². The predicted octanol–water partition coefficient (Wildman–Crippen LogP) is 1.62. The van der Waals surface area contributed by atoms with E-state index in [4.69, 9.17) is 5.73 Å². The zero-order valence-electron chi connectivity index (χ0n) is 7.03. The number of hydrogen-bond acceptors (Lipinski definition) is 2. The highest BCUT2D eigenvalue weighted by Gasteiger charge is 2.19. The van der Waals surface area contributed by atoms with Crippen LogP contribution >= 0.6 is 12.4 Å². The molecule has 1 aromatic carbocycles. The Hall–Kier alpha value is -0.570. The van der Waals surface area contributed by atoms with Gasteiger partial charge in [-0.05, 0) is 12.0 Å². The van der Waals surface area contributed by atoms with E-state index in [1.807, 2.05) is 37.3 Å². The molecule has 0 spiro atoms. The highest BCUT2D eigenvalue weighted by Crippen LogP contribution is 2.17. The summed E-state index contributed by atoms with van der Waals surface area (Å²) in [6.07, 6.45) is 0.525. The molecule has 0 aliphatic carbocycles. The molecule has 3 N–H and O–H groups in total. The van der Waals surface area contributed by atoms with Crippen molar-refractivity contribution in [3.8, 4) is 0 Å². The first-order valence-electron chi connectivity index (χ1n) is 3.73. The van der Waals surface area contributed by atoms with Crippen molar-refractivity contribution in [3.63, 3.8) is 0 Å². The van der Waals surface area contributed by atoms with Crippen LogP contribution in [0.2, 0.25) is 0 Å². The first-order chi connectivity index (χ1) is 5.17. The number of hydrogen-bond donors (Lipinski definition) is 2. The molecule has 0 bridgehead atoms. The molecule has 2 nitrogen and oxygen atoms in total. The standard InChI is InChI=1S/C9H13NO.ClH/c1-2-9(10,11)8-6-4-3-5-7-8;/h3-7,11H,2,10H2,1H3;1H/t9-;/m0./s1. The van der Waals surface area contributed by atoms with Crippen molar-refractivity contribution in [3.05, 3.63) is 35.9 Å². The van der Waals surface area contributed by atoms with Gasteiger partial charge in [0.25, 0.3) is 0 Å². The third kappa shape index (κ3) is 2.48. The SMILES string of the molecule is CC[C@](N)(O)c1ccccc1.Cl. The summed E-state index contributed by atoms with van der Waals surface area (Å²) in [5, 5.41) is 9.57. The number of nitrogens with two attached hydrogens (primary N) is 1. The van der Waals surface area contributed by atoms with Gasteiger partial charge in [-0.1, -0.05) is 37.3 Å². The Bertz CT molecular complexity index is 223. The van der Waals surface area contributed by atoms with Crippen LogP contribution in [0.3, 0.4) is 0 Å². The fourth-order valence-corrected chi connectivity index (χ4v) is 0.931. The van der Waals surface area contributed by atoms with Crippen LogP contribution in [-0.2, 0) is 5.72 Å². The van der Waals surface area contributed by atoms with Crippen LogP contribution < -0.4 is 5.73 Å². The molecule has 0 heterocycles. The molecular weight excluding hydrogens is 174 g/mol. The minimum Gasteiger partial charge on any atom is -0.372 e. The Morgan fingerprint density at radius 3 is 2.25 bits per heavy atom. The summed E-state index contributed by atoms with van der Waals surface area (Å²) in [6, 6.07) is 9.27. The van der Waals surface area contributed by atoms with Gasteiger partial charge in [0, 0.05) is 0 Å². The van der Waals surface area contributed by atoms with Crippen molar-refractivity contribution in [2.45, 2.75) is 19.1 Å². The maximum absolute atomic E-state index is 9.57. The van der Waals surface area contributed by atoms with Crippen LogP contribution in [0.5, 0.6) is 0 Å². The van der Waals surface area contributed by atoms with Crippen molar-refractivity contribution in [2.75, 3.05) is 0 Å². The smallest absolute Gasteiger partial charge is 0.139 e. The number of aliphatic hydroxyl groups is 1. The van der Waals surface area contributed by atoms with Gasteiger partial charge in [0.1, 0.15) is 5.72 Å². The molecule has 0 aliphatic rings. The van der Waals surface area contributed by atoms with Crippen LogP contribution in [-0.4, -0.2) is 5.11 Å². The second-order valence-electron chi connectivity index (χ2n) is 2.64. The molecule has 1 rings (SSSR count). The monoisotopic (exact) mass is 187 g/mol. The van der Waals surface area contributed by atoms with E-state index in [1.165, 1.54) is 0 Å². The van der Waals surface area contributed by atoms with Gasteiger partial charge in [-0.15, -0.1) is 12.4 Å². The molecule has 68 valence electrons. The molecule has 3 heteroatoms. The van der Waals surface area contributed by atoms with E-state index < -0.39 is 5.72 Å². The zero-order chi connectivity index (χ0) is 8.32. The van der Waals surface area contributed by atoms with Crippen molar-refractivity contribution in [1.29, 1.82) is 0 Å². The van der Waals surface area contributed by atoms with Crippen LogP contribution in [0.25, 0.3) is 0 Å². The third-order valence-electron chi connectivity index (χ3n) is 1.81. The summed E-state index contributed by atoms with van der Waals surface area (Å²) in [5.41, 5.74) is 5.19. The zero-order valence-corrected chi connectivity index (χ0v) is 7.84. The molecule has 0 saturated carbocycles. The van der Waals surface area contributed by atoms with Gasteiger partial charge in [-0.2, -0.15) is 0 Å². The first kappa shape index (κ1) is 11.4. The van der Waals surface area contributed by atoms with Gasteiger partial charge < -0.3 is 5.11 Å². The first-order valence-corrected chi connectivity index (χ1v) is 3.73. The predicted molar refractivity (Wildman–Crippen MR) is 52.1 cm³/mol. The van der Waals surface area contributed by atoms with Crippen molar-refractivity contribution >= 4 is 12.4 Å². The van der Waals surface area contributed by atoms with E-state index >= 15 is 0 Å². The van der Waals surface area contributed by atoms with Crippen LogP contribution in [0, 0.1) is 0 Å². The molecule has 0 aromatic heterocycles. The largest absolute Gasteiger partial charge is 0.372 e. The lowest BCUT2D eigenvalue weighted by Crippen LogP contribution is -2.35. The number of rotatable bonds is 2. The van der Waals surface area contributed by atoms with Crippen molar-refractivity contribution in [2.24, 2.45) is 5.73 Å². The van der Waals surface area contributed by atoms with E-state index in [9.17, 15) is 5.11 Å². The maximum Gasteiger partial charge on any atom is 0.139 e. The topological polar surface area (TPSA) is 46.2 Å². The second kappa shape index (κ2) is 4.45. The van der Waals surface area contributed by atoms with Gasteiger partial charge in [0.2, 0.25) is 0 Å². The number of halogens is 1. The van der Waals surface area contributed by atoms with Gasteiger partial charge >= 0.3 is 0 Å². The molecule has 0 unspecified atom stereocenters. The van der Waals surface area contributed by atoms with E-state index in [0.29, 0.717) is 6.42 Å². The summed E-state index contributed by atoms with van der Waals surface area (Å²) in [4.78, 5) is 0. The highest BCUT2D eigenvalue weighted by molar-refractivity contribution is 5.85. The molecule has 1 atom stereocenters. The van der Waals surface area contributed by atoms with E-state index in [1.54, 1.807) is 0 Å². The fraction of sp³-hybridized carbons (Fsp3) is 0.333. The Balaban J connectivity index is 0.00000121. The average molecular weight is 188 g/mol. The average Bonchev–Trinajstić information content (AvgIpc) is 2.06. The normalized spacial score (nSPS) is 14.6. The Morgan fingerprint density at radius 1 is 1.33 bits per heavy atom. The number of benzene rings is 1. The summed E-state index contributed by atoms with van der Waals surface area (Å²) < 4.78 is 0. The van der Waals surface area contributed by atoms with Crippen LogP contribution in [0.4, 0.5) is 0 Å². The Labute approximate surface area is 78.8 Å². The van der Waals surface area contributed by atoms with Crippen LogP contribution in [0.15, 0.2) is 30.3 Å². The lowest BCUT2D eigenvalue weighted by molar-refractivity contribution is 0.0395.